The predicted molar refractivity (Wildman–Crippen MR) is 86.0 cm³/mol. The Bertz CT molecular complexity index is 619. The van der Waals surface area contributed by atoms with Gasteiger partial charge in [-0.3, -0.25) is 0 Å². The van der Waals surface area contributed by atoms with Crippen molar-refractivity contribution in [1.82, 2.24) is 10.2 Å². The van der Waals surface area contributed by atoms with Gasteiger partial charge in [0.25, 0.3) is 0 Å². The van der Waals surface area contributed by atoms with E-state index in [4.69, 9.17) is 16.3 Å². The second kappa shape index (κ2) is 6.58. The minimum atomic E-state index is 0.287. The second-order valence-electron chi connectivity index (χ2n) is 5.44. The smallest absolute Gasteiger partial charge is 0.159 e. The fourth-order valence-corrected chi connectivity index (χ4v) is 3.04. The highest BCUT2D eigenvalue weighted by Crippen LogP contribution is 2.30. The number of aromatic nitrogens is 2. The topological polar surface area (TPSA) is 38.2 Å². The largest absolute Gasteiger partial charge is 0.376 e. The van der Waals surface area contributed by atoms with Gasteiger partial charge in [0, 0.05) is 30.5 Å². The maximum Gasteiger partial charge on any atom is 0.159 e. The van der Waals surface area contributed by atoms with Gasteiger partial charge in [0.1, 0.15) is 0 Å². The summed E-state index contributed by atoms with van der Waals surface area (Å²) in [5.41, 5.74) is 0. The highest BCUT2D eigenvalue weighted by molar-refractivity contribution is 6.34. The Kier molecular flexibility index (Phi) is 4.56. The lowest BCUT2D eigenvalue weighted by molar-refractivity contribution is 0.0439. The zero-order valence-corrected chi connectivity index (χ0v) is 13.0. The molecule has 1 aliphatic heterocycles. The van der Waals surface area contributed by atoms with E-state index in [1.54, 1.807) is 0 Å². The van der Waals surface area contributed by atoms with Crippen LogP contribution in [0.1, 0.15) is 26.2 Å². The molecule has 1 fully saturated rings. The van der Waals surface area contributed by atoms with E-state index in [1.165, 1.54) is 0 Å². The van der Waals surface area contributed by atoms with E-state index in [2.05, 4.69) is 28.1 Å². The number of piperidine rings is 1. The van der Waals surface area contributed by atoms with Crippen LogP contribution in [-0.4, -0.2) is 36.0 Å². The zero-order chi connectivity index (χ0) is 14.7. The quantitative estimate of drug-likeness (QED) is 0.863. The van der Waals surface area contributed by atoms with E-state index in [1.807, 2.05) is 18.2 Å². The molecule has 3 rings (SSSR count). The van der Waals surface area contributed by atoms with Crippen molar-refractivity contribution in [1.29, 1.82) is 0 Å². The first-order chi connectivity index (χ1) is 10.3. The number of benzene rings is 1. The molecule has 0 aliphatic carbocycles. The van der Waals surface area contributed by atoms with Gasteiger partial charge in [0.15, 0.2) is 11.0 Å². The van der Waals surface area contributed by atoms with Crippen LogP contribution in [0.25, 0.3) is 10.8 Å². The average molecular weight is 306 g/mol. The number of halogens is 1. The van der Waals surface area contributed by atoms with Crippen LogP contribution in [0, 0.1) is 0 Å². The van der Waals surface area contributed by atoms with Crippen LogP contribution in [0.15, 0.2) is 24.3 Å². The van der Waals surface area contributed by atoms with Crippen LogP contribution in [0.2, 0.25) is 5.15 Å². The standard InChI is InChI=1S/C16H20ClN3O/c1-2-10-21-12-6-5-9-20(11-12)16-14-8-4-3-7-13(14)15(17)18-19-16/h3-4,7-8,12H,2,5-6,9-11H2,1H3. The maximum atomic E-state index is 6.15. The van der Waals surface area contributed by atoms with Crippen LogP contribution >= 0.6 is 11.6 Å². The molecule has 0 amide bonds. The molecule has 0 radical (unpaired) electrons. The van der Waals surface area contributed by atoms with Crippen molar-refractivity contribution < 1.29 is 4.74 Å². The number of fused-ring (bicyclic) bond motifs is 1. The average Bonchev–Trinajstić information content (AvgIpc) is 2.54. The zero-order valence-electron chi connectivity index (χ0n) is 12.3. The van der Waals surface area contributed by atoms with Crippen molar-refractivity contribution in [3.8, 4) is 0 Å². The number of anilines is 1. The Morgan fingerprint density at radius 3 is 2.90 bits per heavy atom. The lowest BCUT2D eigenvalue weighted by atomic mass is 10.1. The highest BCUT2D eigenvalue weighted by Gasteiger charge is 2.23. The van der Waals surface area contributed by atoms with Crippen LogP contribution < -0.4 is 4.90 Å². The molecule has 1 aromatic heterocycles. The van der Waals surface area contributed by atoms with E-state index in [-0.39, 0.29) is 6.10 Å². The number of hydrogen-bond donors (Lipinski definition) is 0. The Morgan fingerprint density at radius 2 is 2.10 bits per heavy atom. The first-order valence-corrected chi connectivity index (χ1v) is 7.95. The molecule has 1 atom stereocenters. The molecule has 1 aromatic carbocycles. The summed E-state index contributed by atoms with van der Waals surface area (Å²) in [6, 6.07) is 8.04. The van der Waals surface area contributed by atoms with Crippen molar-refractivity contribution in [3.63, 3.8) is 0 Å². The number of ether oxygens (including phenoxy) is 1. The predicted octanol–water partition coefficient (Wildman–Crippen LogP) is 3.68. The van der Waals surface area contributed by atoms with Gasteiger partial charge in [-0.25, -0.2) is 0 Å². The van der Waals surface area contributed by atoms with Crippen LogP contribution in [-0.2, 0) is 4.74 Å². The molecular weight excluding hydrogens is 286 g/mol. The Balaban J connectivity index is 1.88. The van der Waals surface area contributed by atoms with Crippen molar-refractivity contribution in [2.45, 2.75) is 32.3 Å². The molecule has 0 N–H and O–H groups in total. The highest BCUT2D eigenvalue weighted by atomic mass is 35.5. The minimum absolute atomic E-state index is 0.287. The minimum Gasteiger partial charge on any atom is -0.376 e. The monoisotopic (exact) mass is 305 g/mol. The molecular formula is C16H20ClN3O. The molecule has 0 bridgehead atoms. The van der Waals surface area contributed by atoms with Gasteiger partial charge >= 0.3 is 0 Å². The van der Waals surface area contributed by atoms with Crippen molar-refractivity contribution in [2.24, 2.45) is 0 Å². The van der Waals surface area contributed by atoms with Gasteiger partial charge in [-0.05, 0) is 19.3 Å². The fourth-order valence-electron chi connectivity index (χ4n) is 2.84. The van der Waals surface area contributed by atoms with Crippen molar-refractivity contribution in [3.05, 3.63) is 29.4 Å². The van der Waals surface area contributed by atoms with E-state index < -0.39 is 0 Å². The third-order valence-electron chi connectivity index (χ3n) is 3.86. The fraction of sp³-hybridized carbons (Fsp3) is 0.500. The first-order valence-electron chi connectivity index (χ1n) is 7.57. The molecule has 1 saturated heterocycles. The third-order valence-corrected chi connectivity index (χ3v) is 4.14. The van der Waals surface area contributed by atoms with Crippen molar-refractivity contribution in [2.75, 3.05) is 24.6 Å². The summed E-state index contributed by atoms with van der Waals surface area (Å²) in [6.07, 6.45) is 3.58. The second-order valence-corrected chi connectivity index (χ2v) is 5.80. The van der Waals surface area contributed by atoms with E-state index >= 15 is 0 Å². The third kappa shape index (κ3) is 3.11. The summed E-state index contributed by atoms with van der Waals surface area (Å²) in [7, 11) is 0. The summed E-state index contributed by atoms with van der Waals surface area (Å²) >= 11 is 6.15. The Morgan fingerprint density at radius 1 is 1.29 bits per heavy atom. The molecule has 2 heterocycles. The molecule has 0 spiro atoms. The first kappa shape index (κ1) is 14.5. The van der Waals surface area contributed by atoms with Crippen LogP contribution in [0.3, 0.4) is 0 Å². The van der Waals surface area contributed by atoms with Crippen LogP contribution in [0.5, 0.6) is 0 Å². The normalized spacial score (nSPS) is 19.1. The van der Waals surface area contributed by atoms with Crippen molar-refractivity contribution >= 4 is 28.2 Å². The lowest BCUT2D eigenvalue weighted by Gasteiger charge is -2.33. The Labute approximate surface area is 130 Å². The molecule has 21 heavy (non-hydrogen) atoms. The van der Waals surface area contributed by atoms with Gasteiger partial charge in [-0.15, -0.1) is 10.2 Å². The summed E-state index contributed by atoms with van der Waals surface area (Å²) in [4.78, 5) is 2.27. The summed E-state index contributed by atoms with van der Waals surface area (Å²) in [6.45, 7) is 4.83. The molecule has 0 saturated carbocycles. The summed E-state index contributed by atoms with van der Waals surface area (Å²) in [5, 5.41) is 10.9. The lowest BCUT2D eigenvalue weighted by Crippen LogP contribution is -2.40. The summed E-state index contributed by atoms with van der Waals surface area (Å²) < 4.78 is 5.90. The Hall–Kier alpha value is -1.39. The number of hydrogen-bond acceptors (Lipinski definition) is 4. The van der Waals surface area contributed by atoms with Gasteiger partial charge < -0.3 is 9.64 Å². The SMILES string of the molecule is CCCOC1CCCN(c2nnc(Cl)c3ccccc23)C1. The van der Waals surface area contributed by atoms with Gasteiger partial charge in [0.2, 0.25) is 0 Å². The molecule has 112 valence electrons. The van der Waals surface area contributed by atoms with Gasteiger partial charge in [-0.1, -0.05) is 42.8 Å². The number of nitrogens with zero attached hydrogens (tertiary/aromatic N) is 3. The van der Waals surface area contributed by atoms with E-state index in [9.17, 15) is 0 Å². The van der Waals surface area contributed by atoms with E-state index in [0.29, 0.717) is 5.15 Å². The van der Waals surface area contributed by atoms with Gasteiger partial charge in [0.05, 0.1) is 6.10 Å². The molecule has 4 nitrogen and oxygen atoms in total. The summed E-state index contributed by atoms with van der Waals surface area (Å²) in [5.74, 6) is 0.916. The maximum absolute atomic E-state index is 6.15. The van der Waals surface area contributed by atoms with Gasteiger partial charge in [-0.2, -0.15) is 0 Å². The molecule has 1 aliphatic rings. The van der Waals surface area contributed by atoms with Crippen LogP contribution in [0.4, 0.5) is 5.82 Å². The molecule has 2 aromatic rings. The molecule has 1 unspecified atom stereocenters. The number of rotatable bonds is 4. The van der Waals surface area contributed by atoms with E-state index in [0.717, 1.165) is 55.5 Å². The molecule has 5 heteroatoms.